The van der Waals surface area contributed by atoms with Gasteiger partial charge in [-0.05, 0) is 42.3 Å². The average molecular weight is 420 g/mol. The van der Waals surface area contributed by atoms with Crippen molar-refractivity contribution in [2.24, 2.45) is 5.92 Å². The minimum Gasteiger partial charge on any atom is -0.354 e. The average Bonchev–Trinajstić information content (AvgIpc) is 2.63. The van der Waals surface area contributed by atoms with Crippen molar-refractivity contribution < 1.29 is 4.79 Å². The number of carbonyl (C=O) groups is 1. The van der Waals surface area contributed by atoms with E-state index < -0.39 is 11.2 Å². The lowest BCUT2D eigenvalue weighted by molar-refractivity contribution is -0.121. The van der Waals surface area contributed by atoms with Crippen LogP contribution in [-0.4, -0.2) is 21.6 Å². The maximum absolute atomic E-state index is 13.2. The van der Waals surface area contributed by atoms with Gasteiger partial charge in [-0.2, -0.15) is 0 Å². The number of halogens is 2. The van der Waals surface area contributed by atoms with Crippen LogP contribution >= 0.6 is 23.2 Å². The monoisotopic (exact) mass is 419 g/mol. The number of hydrogen-bond acceptors (Lipinski definition) is 3. The number of benzene rings is 2. The van der Waals surface area contributed by atoms with Crippen molar-refractivity contribution in [2.75, 3.05) is 6.54 Å². The number of aromatic nitrogens is 2. The van der Waals surface area contributed by atoms with Gasteiger partial charge in [0.25, 0.3) is 5.56 Å². The Morgan fingerprint density at radius 2 is 1.79 bits per heavy atom. The normalized spacial score (nSPS) is 11.2. The van der Waals surface area contributed by atoms with Gasteiger partial charge in [-0.15, -0.1) is 0 Å². The van der Waals surface area contributed by atoms with Crippen LogP contribution in [0.15, 0.2) is 52.1 Å². The zero-order chi connectivity index (χ0) is 20.4. The molecule has 3 aromatic rings. The van der Waals surface area contributed by atoms with Gasteiger partial charge in [0.05, 0.1) is 16.6 Å². The largest absolute Gasteiger partial charge is 0.354 e. The Morgan fingerprint density at radius 3 is 2.46 bits per heavy atom. The topological polar surface area (TPSA) is 73.1 Å². The summed E-state index contributed by atoms with van der Waals surface area (Å²) in [6.07, 6.45) is 0. The van der Waals surface area contributed by atoms with E-state index in [1.54, 1.807) is 30.3 Å². The first-order valence-electron chi connectivity index (χ1n) is 8.75. The number of amides is 1. The van der Waals surface area contributed by atoms with Gasteiger partial charge in [0.2, 0.25) is 5.91 Å². The molecule has 0 atom stereocenters. The Labute approximate surface area is 171 Å². The van der Waals surface area contributed by atoms with Crippen molar-refractivity contribution >= 4 is 40.0 Å². The summed E-state index contributed by atoms with van der Waals surface area (Å²) in [5.74, 6) is -0.0550. The number of nitrogens with zero attached hydrogens (tertiary/aromatic N) is 2. The molecule has 2 aromatic carbocycles. The van der Waals surface area contributed by atoms with Gasteiger partial charge in [-0.25, -0.2) is 9.36 Å². The standard InChI is InChI=1S/C20H19Cl2N3O3/c1-12(2)10-23-18(26)11-24-17-9-14(22)6-7-16(17)19(27)25(20(24)28)15-5-3-4-13(21)8-15/h3-9,12H,10-11H2,1-2H3,(H,23,26). The fourth-order valence-corrected chi connectivity index (χ4v) is 3.20. The van der Waals surface area contributed by atoms with Gasteiger partial charge in [-0.1, -0.05) is 43.1 Å². The lowest BCUT2D eigenvalue weighted by Crippen LogP contribution is -2.42. The Balaban J connectivity index is 2.23. The summed E-state index contributed by atoms with van der Waals surface area (Å²) in [7, 11) is 0. The van der Waals surface area contributed by atoms with Crippen LogP contribution in [0.2, 0.25) is 10.0 Å². The molecule has 0 bridgehead atoms. The quantitative estimate of drug-likeness (QED) is 0.689. The van der Waals surface area contributed by atoms with Gasteiger partial charge < -0.3 is 5.32 Å². The SMILES string of the molecule is CC(C)CNC(=O)Cn1c(=O)n(-c2cccc(Cl)c2)c(=O)c2ccc(Cl)cc21. The number of nitrogens with one attached hydrogen (secondary N) is 1. The Hall–Kier alpha value is -2.57. The highest BCUT2D eigenvalue weighted by molar-refractivity contribution is 6.31. The molecule has 1 N–H and O–H groups in total. The first-order valence-corrected chi connectivity index (χ1v) is 9.51. The molecule has 6 nitrogen and oxygen atoms in total. The van der Waals surface area contributed by atoms with E-state index in [9.17, 15) is 14.4 Å². The number of carbonyl (C=O) groups excluding carboxylic acids is 1. The number of hydrogen-bond donors (Lipinski definition) is 1. The first-order chi connectivity index (χ1) is 13.3. The van der Waals surface area contributed by atoms with Crippen molar-refractivity contribution in [1.29, 1.82) is 0 Å². The third-order valence-electron chi connectivity index (χ3n) is 4.18. The minimum absolute atomic E-state index is 0.233. The Bertz CT molecular complexity index is 1170. The van der Waals surface area contributed by atoms with Crippen LogP contribution in [0, 0.1) is 5.92 Å². The molecule has 146 valence electrons. The summed E-state index contributed by atoms with van der Waals surface area (Å²) in [6.45, 7) is 4.20. The van der Waals surface area contributed by atoms with Crippen LogP contribution in [-0.2, 0) is 11.3 Å². The highest BCUT2D eigenvalue weighted by Crippen LogP contribution is 2.17. The highest BCUT2D eigenvalue weighted by atomic mass is 35.5. The van der Waals surface area contributed by atoms with Gasteiger partial charge in [0, 0.05) is 16.6 Å². The molecule has 0 aliphatic rings. The molecule has 0 radical (unpaired) electrons. The summed E-state index contributed by atoms with van der Waals surface area (Å²) < 4.78 is 2.26. The third-order valence-corrected chi connectivity index (χ3v) is 4.65. The molecule has 0 fully saturated rings. The fraction of sp³-hybridized carbons (Fsp3) is 0.250. The molecule has 0 aliphatic heterocycles. The second-order valence-corrected chi connectivity index (χ2v) is 7.72. The van der Waals surface area contributed by atoms with Gasteiger partial charge >= 0.3 is 5.69 Å². The van der Waals surface area contributed by atoms with E-state index in [0.717, 1.165) is 4.57 Å². The maximum atomic E-state index is 13.2. The second kappa shape index (κ2) is 8.20. The van der Waals surface area contributed by atoms with Crippen LogP contribution < -0.4 is 16.6 Å². The van der Waals surface area contributed by atoms with Crippen molar-refractivity contribution in [3.8, 4) is 5.69 Å². The Morgan fingerprint density at radius 1 is 1.07 bits per heavy atom. The van der Waals surface area contributed by atoms with E-state index in [-0.39, 0.29) is 23.8 Å². The molecular weight excluding hydrogens is 401 g/mol. The summed E-state index contributed by atoms with van der Waals surface area (Å²) in [6, 6.07) is 11.1. The van der Waals surface area contributed by atoms with Crippen molar-refractivity contribution in [3.05, 3.63) is 73.3 Å². The molecule has 3 rings (SSSR count). The van der Waals surface area contributed by atoms with Gasteiger partial charge in [0.15, 0.2) is 0 Å². The zero-order valence-corrected chi connectivity index (χ0v) is 16.9. The van der Waals surface area contributed by atoms with Crippen LogP contribution in [0.3, 0.4) is 0 Å². The number of rotatable bonds is 5. The maximum Gasteiger partial charge on any atom is 0.336 e. The van der Waals surface area contributed by atoms with Crippen molar-refractivity contribution in [1.82, 2.24) is 14.5 Å². The van der Waals surface area contributed by atoms with E-state index >= 15 is 0 Å². The highest BCUT2D eigenvalue weighted by Gasteiger charge is 2.17. The second-order valence-electron chi connectivity index (χ2n) is 6.85. The molecule has 0 unspecified atom stereocenters. The van der Waals surface area contributed by atoms with Crippen molar-refractivity contribution in [3.63, 3.8) is 0 Å². The summed E-state index contributed by atoms with van der Waals surface area (Å²) in [5.41, 5.74) is -0.504. The smallest absolute Gasteiger partial charge is 0.336 e. The molecular formula is C20H19Cl2N3O3. The van der Waals surface area contributed by atoms with Crippen LogP contribution in [0.1, 0.15) is 13.8 Å². The molecule has 0 saturated heterocycles. The summed E-state index contributed by atoms with van der Waals surface area (Å²) in [4.78, 5) is 38.5. The first kappa shape index (κ1) is 20.2. The molecule has 1 aromatic heterocycles. The fourth-order valence-electron chi connectivity index (χ4n) is 2.85. The van der Waals surface area contributed by atoms with Crippen LogP contribution in [0.4, 0.5) is 0 Å². The number of fused-ring (bicyclic) bond motifs is 1. The molecule has 1 heterocycles. The van der Waals surface area contributed by atoms with Crippen molar-refractivity contribution in [2.45, 2.75) is 20.4 Å². The minimum atomic E-state index is -0.637. The summed E-state index contributed by atoms with van der Waals surface area (Å²) >= 11 is 12.1. The third kappa shape index (κ3) is 4.13. The van der Waals surface area contributed by atoms with Crippen LogP contribution in [0.5, 0.6) is 0 Å². The van der Waals surface area contributed by atoms with E-state index in [1.807, 2.05) is 13.8 Å². The predicted octanol–water partition coefficient (Wildman–Crippen LogP) is 3.23. The zero-order valence-electron chi connectivity index (χ0n) is 15.4. The van der Waals surface area contributed by atoms with E-state index in [1.165, 1.54) is 16.7 Å². The lowest BCUT2D eigenvalue weighted by atomic mass is 10.2. The lowest BCUT2D eigenvalue weighted by Gasteiger charge is -2.15. The summed E-state index contributed by atoms with van der Waals surface area (Å²) in [5, 5.41) is 3.81. The van der Waals surface area contributed by atoms with E-state index in [2.05, 4.69) is 5.32 Å². The molecule has 0 aliphatic carbocycles. The van der Waals surface area contributed by atoms with E-state index in [4.69, 9.17) is 23.2 Å². The Kier molecular flexibility index (Phi) is 5.91. The predicted molar refractivity (Wildman–Crippen MR) is 112 cm³/mol. The molecule has 1 amide bonds. The van der Waals surface area contributed by atoms with Crippen LogP contribution in [0.25, 0.3) is 16.6 Å². The van der Waals surface area contributed by atoms with E-state index in [0.29, 0.717) is 27.8 Å². The molecule has 0 spiro atoms. The van der Waals surface area contributed by atoms with Gasteiger partial charge in [0.1, 0.15) is 6.54 Å². The molecule has 28 heavy (non-hydrogen) atoms. The molecule has 0 saturated carbocycles. The molecule has 8 heteroatoms. The van der Waals surface area contributed by atoms with Gasteiger partial charge in [-0.3, -0.25) is 14.2 Å².